The monoisotopic (exact) mass is 270 g/mol. The standard InChI is InChI=1S/C13H15ClO4/c1-3-17-13(16)7-10(15)8-18-12-6-9(2)4-5-11(12)14/h4-6H,3,7-8H2,1-2H3. The van der Waals surface area contributed by atoms with Crippen LogP contribution >= 0.6 is 11.6 Å². The highest BCUT2D eigenvalue weighted by atomic mass is 35.5. The number of carbonyl (C=O) groups excluding carboxylic acids is 2. The summed E-state index contributed by atoms with van der Waals surface area (Å²) in [7, 11) is 0. The Hall–Kier alpha value is -1.55. The average Bonchev–Trinajstić information content (AvgIpc) is 2.30. The van der Waals surface area contributed by atoms with Crippen molar-refractivity contribution >= 4 is 23.4 Å². The first-order valence-electron chi connectivity index (χ1n) is 5.59. The molecule has 5 heteroatoms. The van der Waals surface area contributed by atoms with Crippen LogP contribution in [0.2, 0.25) is 5.02 Å². The van der Waals surface area contributed by atoms with Crippen molar-refractivity contribution in [2.45, 2.75) is 20.3 Å². The minimum Gasteiger partial charge on any atom is -0.484 e. The molecule has 0 aliphatic rings. The van der Waals surface area contributed by atoms with Gasteiger partial charge in [0.15, 0.2) is 5.78 Å². The normalized spacial score (nSPS) is 9.94. The van der Waals surface area contributed by atoms with Gasteiger partial charge in [0.05, 0.1) is 11.6 Å². The van der Waals surface area contributed by atoms with Crippen LogP contribution < -0.4 is 4.74 Å². The number of ketones is 1. The van der Waals surface area contributed by atoms with E-state index in [9.17, 15) is 9.59 Å². The smallest absolute Gasteiger partial charge is 0.313 e. The molecule has 1 aromatic carbocycles. The fourth-order valence-electron chi connectivity index (χ4n) is 1.30. The second kappa shape index (κ2) is 7.01. The molecule has 0 saturated carbocycles. The van der Waals surface area contributed by atoms with Gasteiger partial charge in [-0.3, -0.25) is 9.59 Å². The fraction of sp³-hybridized carbons (Fsp3) is 0.385. The maximum Gasteiger partial charge on any atom is 0.313 e. The van der Waals surface area contributed by atoms with Crippen molar-refractivity contribution in [3.8, 4) is 5.75 Å². The number of benzene rings is 1. The van der Waals surface area contributed by atoms with E-state index in [1.807, 2.05) is 13.0 Å². The lowest BCUT2D eigenvalue weighted by molar-refractivity contribution is -0.145. The molecule has 0 spiro atoms. The van der Waals surface area contributed by atoms with Crippen LogP contribution in [0.1, 0.15) is 18.9 Å². The van der Waals surface area contributed by atoms with Gasteiger partial charge in [0.25, 0.3) is 0 Å². The lowest BCUT2D eigenvalue weighted by Gasteiger charge is -2.08. The van der Waals surface area contributed by atoms with E-state index < -0.39 is 5.97 Å². The fourth-order valence-corrected chi connectivity index (χ4v) is 1.48. The Balaban J connectivity index is 2.47. The van der Waals surface area contributed by atoms with Gasteiger partial charge < -0.3 is 9.47 Å². The van der Waals surface area contributed by atoms with Gasteiger partial charge in [-0.1, -0.05) is 17.7 Å². The van der Waals surface area contributed by atoms with Crippen LogP contribution in [0.3, 0.4) is 0 Å². The molecule has 0 amide bonds. The number of carbonyl (C=O) groups is 2. The largest absolute Gasteiger partial charge is 0.484 e. The molecule has 0 heterocycles. The van der Waals surface area contributed by atoms with Gasteiger partial charge in [0.2, 0.25) is 0 Å². The van der Waals surface area contributed by atoms with E-state index in [1.54, 1.807) is 19.1 Å². The zero-order valence-corrected chi connectivity index (χ0v) is 11.1. The van der Waals surface area contributed by atoms with E-state index in [0.717, 1.165) is 5.56 Å². The van der Waals surface area contributed by atoms with Crippen molar-refractivity contribution in [3.63, 3.8) is 0 Å². The zero-order chi connectivity index (χ0) is 13.5. The lowest BCUT2D eigenvalue weighted by atomic mass is 10.2. The third-order valence-electron chi connectivity index (χ3n) is 2.12. The molecule has 0 aliphatic carbocycles. The second-order valence-electron chi connectivity index (χ2n) is 3.74. The Labute approximate surface area is 111 Å². The number of aryl methyl sites for hydroxylation is 1. The van der Waals surface area contributed by atoms with E-state index in [1.165, 1.54) is 0 Å². The van der Waals surface area contributed by atoms with Crippen LogP contribution in [0.15, 0.2) is 18.2 Å². The van der Waals surface area contributed by atoms with Crippen LogP contribution in [0.4, 0.5) is 0 Å². The first-order valence-corrected chi connectivity index (χ1v) is 5.97. The number of hydrogen-bond donors (Lipinski definition) is 0. The summed E-state index contributed by atoms with van der Waals surface area (Å²) in [5.74, 6) is -0.443. The molecule has 0 radical (unpaired) electrons. The van der Waals surface area contributed by atoms with Gasteiger partial charge in [-0.15, -0.1) is 0 Å². The lowest BCUT2D eigenvalue weighted by Crippen LogP contribution is -2.17. The van der Waals surface area contributed by atoms with Crippen LogP contribution in [0.5, 0.6) is 5.75 Å². The van der Waals surface area contributed by atoms with Gasteiger partial charge in [0.1, 0.15) is 18.8 Å². The first-order chi connectivity index (χ1) is 8.52. The third kappa shape index (κ3) is 4.75. The molecule has 0 bridgehead atoms. The summed E-state index contributed by atoms with van der Waals surface area (Å²) in [6.45, 7) is 3.65. The minimum atomic E-state index is -0.540. The number of rotatable bonds is 6. The number of esters is 1. The van der Waals surface area contributed by atoms with E-state index in [-0.39, 0.29) is 25.4 Å². The topological polar surface area (TPSA) is 52.6 Å². The molecular weight excluding hydrogens is 256 g/mol. The number of Topliss-reactive ketones (excluding diaryl/α,β-unsaturated/α-hetero) is 1. The molecule has 4 nitrogen and oxygen atoms in total. The predicted octanol–water partition coefficient (Wildman–Crippen LogP) is 2.55. The third-order valence-corrected chi connectivity index (χ3v) is 2.43. The molecule has 1 rings (SSSR count). The summed E-state index contributed by atoms with van der Waals surface area (Å²) < 4.78 is 9.94. The summed E-state index contributed by atoms with van der Waals surface area (Å²) in [5.41, 5.74) is 0.979. The molecular formula is C13H15ClO4. The van der Waals surface area contributed by atoms with E-state index in [0.29, 0.717) is 10.8 Å². The average molecular weight is 271 g/mol. The van der Waals surface area contributed by atoms with Crippen LogP contribution in [-0.4, -0.2) is 25.0 Å². The highest BCUT2D eigenvalue weighted by Crippen LogP contribution is 2.25. The number of ether oxygens (including phenoxy) is 2. The van der Waals surface area contributed by atoms with Gasteiger partial charge >= 0.3 is 5.97 Å². The maximum absolute atomic E-state index is 11.4. The second-order valence-corrected chi connectivity index (χ2v) is 4.15. The zero-order valence-electron chi connectivity index (χ0n) is 10.4. The van der Waals surface area contributed by atoms with Crippen molar-refractivity contribution < 1.29 is 19.1 Å². The Bertz CT molecular complexity index is 443. The Kier molecular flexibility index (Phi) is 5.65. The van der Waals surface area contributed by atoms with Crippen molar-refractivity contribution in [3.05, 3.63) is 28.8 Å². The quantitative estimate of drug-likeness (QED) is 0.589. The molecule has 98 valence electrons. The summed E-state index contributed by atoms with van der Waals surface area (Å²) in [6.07, 6.45) is -0.280. The summed E-state index contributed by atoms with van der Waals surface area (Å²) in [5, 5.41) is 0.435. The predicted molar refractivity (Wildman–Crippen MR) is 67.9 cm³/mol. The van der Waals surface area contributed by atoms with E-state index in [2.05, 4.69) is 4.74 Å². The van der Waals surface area contributed by atoms with Crippen LogP contribution in [0.25, 0.3) is 0 Å². The summed E-state index contributed by atoms with van der Waals surface area (Å²) >= 11 is 5.91. The van der Waals surface area contributed by atoms with E-state index >= 15 is 0 Å². The number of halogens is 1. The molecule has 0 unspecified atom stereocenters. The Morgan fingerprint density at radius 3 is 2.72 bits per heavy atom. The van der Waals surface area contributed by atoms with Crippen molar-refractivity contribution in [1.29, 1.82) is 0 Å². The summed E-state index contributed by atoms with van der Waals surface area (Å²) in [4.78, 5) is 22.5. The molecule has 1 aromatic rings. The van der Waals surface area contributed by atoms with E-state index in [4.69, 9.17) is 16.3 Å². The molecule has 0 aromatic heterocycles. The molecule has 0 atom stereocenters. The summed E-state index contributed by atoms with van der Waals surface area (Å²) in [6, 6.07) is 5.28. The molecule has 0 saturated heterocycles. The maximum atomic E-state index is 11.4. The van der Waals surface area contributed by atoms with Crippen molar-refractivity contribution in [1.82, 2.24) is 0 Å². The molecule has 0 aliphatic heterocycles. The van der Waals surface area contributed by atoms with Crippen LogP contribution in [-0.2, 0) is 14.3 Å². The van der Waals surface area contributed by atoms with Gasteiger partial charge in [-0.2, -0.15) is 0 Å². The molecule has 0 fully saturated rings. The first kappa shape index (κ1) is 14.5. The van der Waals surface area contributed by atoms with Gasteiger partial charge in [0, 0.05) is 0 Å². The van der Waals surface area contributed by atoms with Gasteiger partial charge in [-0.05, 0) is 31.5 Å². The SMILES string of the molecule is CCOC(=O)CC(=O)COc1cc(C)ccc1Cl. The Morgan fingerprint density at radius 2 is 2.06 bits per heavy atom. The van der Waals surface area contributed by atoms with Gasteiger partial charge in [-0.25, -0.2) is 0 Å². The van der Waals surface area contributed by atoms with Crippen molar-refractivity contribution in [2.24, 2.45) is 0 Å². The molecule has 18 heavy (non-hydrogen) atoms. The Morgan fingerprint density at radius 1 is 1.33 bits per heavy atom. The molecule has 0 N–H and O–H groups in total. The van der Waals surface area contributed by atoms with Crippen molar-refractivity contribution in [2.75, 3.05) is 13.2 Å². The van der Waals surface area contributed by atoms with Crippen LogP contribution in [0, 0.1) is 6.92 Å². The highest BCUT2D eigenvalue weighted by Gasteiger charge is 2.12. The highest BCUT2D eigenvalue weighted by molar-refractivity contribution is 6.32. The number of hydrogen-bond acceptors (Lipinski definition) is 4. The minimum absolute atomic E-state index is 0.192.